The maximum absolute atomic E-state index is 11.5. The molecule has 0 amide bonds. The lowest BCUT2D eigenvalue weighted by Gasteiger charge is -2.35. The van der Waals surface area contributed by atoms with Gasteiger partial charge in [-0.25, -0.2) is 0 Å². The highest BCUT2D eigenvalue weighted by Gasteiger charge is 2.54. The summed E-state index contributed by atoms with van der Waals surface area (Å²) in [5.74, 6) is -0.521. The van der Waals surface area contributed by atoms with Crippen LogP contribution in [0.4, 0.5) is 0 Å². The van der Waals surface area contributed by atoms with Crippen LogP contribution in [0.15, 0.2) is 0 Å². The van der Waals surface area contributed by atoms with Crippen molar-refractivity contribution in [3.05, 3.63) is 0 Å². The van der Waals surface area contributed by atoms with Crippen molar-refractivity contribution in [3.63, 3.8) is 0 Å². The molecule has 1 N–H and O–H groups in total. The number of hydrogen-bond donors (Lipinski definition) is 1. The second-order valence-electron chi connectivity index (χ2n) is 5.06. The number of hydrogen-bond acceptors (Lipinski definition) is 4. The predicted molar refractivity (Wildman–Crippen MR) is 51.9 cm³/mol. The van der Waals surface area contributed by atoms with E-state index in [9.17, 15) is 10.0 Å². The molecule has 0 aromatic carbocycles. The van der Waals surface area contributed by atoms with Crippen molar-refractivity contribution in [1.82, 2.24) is 5.06 Å². The van der Waals surface area contributed by atoms with E-state index in [2.05, 4.69) is 0 Å². The first kappa shape index (κ1) is 11.5. The van der Waals surface area contributed by atoms with E-state index in [0.717, 1.165) is 0 Å². The summed E-state index contributed by atoms with van der Waals surface area (Å²) in [6, 6.07) is 0. The molecule has 4 nitrogen and oxygen atoms in total. The van der Waals surface area contributed by atoms with Gasteiger partial charge in [-0.3, -0.25) is 4.79 Å². The van der Waals surface area contributed by atoms with Gasteiger partial charge in [0, 0.05) is 5.54 Å². The van der Waals surface area contributed by atoms with Crippen LogP contribution in [0.2, 0.25) is 0 Å². The lowest BCUT2D eigenvalue weighted by molar-refractivity contribution is -0.199. The van der Waals surface area contributed by atoms with E-state index in [1.165, 1.54) is 12.2 Å². The van der Waals surface area contributed by atoms with Gasteiger partial charge in [-0.05, 0) is 34.1 Å². The van der Waals surface area contributed by atoms with Crippen LogP contribution < -0.4 is 0 Å². The highest BCUT2D eigenvalue weighted by Crippen LogP contribution is 2.43. The topological polar surface area (TPSA) is 49.8 Å². The third kappa shape index (κ3) is 1.53. The van der Waals surface area contributed by atoms with Crippen LogP contribution in [0.1, 0.15) is 34.1 Å². The largest absolute Gasteiger partial charge is 0.469 e. The third-order valence-electron chi connectivity index (χ3n) is 3.16. The van der Waals surface area contributed by atoms with Gasteiger partial charge < -0.3 is 9.94 Å². The van der Waals surface area contributed by atoms with Gasteiger partial charge in [0.1, 0.15) is 0 Å². The summed E-state index contributed by atoms with van der Waals surface area (Å²) in [4.78, 5) is 11.5. The molecule has 0 spiro atoms. The Hall–Kier alpha value is -0.610. The van der Waals surface area contributed by atoms with Gasteiger partial charge in [-0.1, -0.05) is 0 Å². The molecule has 1 atom stereocenters. The Labute approximate surface area is 84.8 Å². The molecule has 1 aliphatic rings. The summed E-state index contributed by atoms with van der Waals surface area (Å²) in [7, 11) is 1.38. The van der Waals surface area contributed by atoms with Crippen LogP contribution in [0.3, 0.4) is 0 Å². The molecular weight excluding hydrogens is 182 g/mol. The first-order valence-electron chi connectivity index (χ1n) is 4.80. The zero-order valence-electron chi connectivity index (χ0n) is 9.50. The molecule has 1 saturated heterocycles. The van der Waals surface area contributed by atoms with E-state index in [1.54, 1.807) is 0 Å². The molecule has 82 valence electrons. The van der Waals surface area contributed by atoms with E-state index in [-0.39, 0.29) is 17.4 Å². The van der Waals surface area contributed by atoms with Gasteiger partial charge in [-0.15, -0.1) is 0 Å². The van der Waals surface area contributed by atoms with Gasteiger partial charge in [0.2, 0.25) is 0 Å². The molecule has 1 heterocycles. The molecule has 1 rings (SSSR count). The highest BCUT2D eigenvalue weighted by atomic mass is 16.5. The standard InChI is InChI=1S/C10H19NO3/c1-9(2)6-7(8(12)14-5)10(3,4)11(9)13/h7,13H,6H2,1-5H3. The quantitative estimate of drug-likeness (QED) is 0.652. The summed E-state index contributed by atoms with van der Waals surface area (Å²) in [6.07, 6.45) is 0.614. The zero-order chi connectivity index (χ0) is 11.1. The molecule has 0 saturated carbocycles. The number of esters is 1. The fourth-order valence-corrected chi connectivity index (χ4v) is 2.28. The van der Waals surface area contributed by atoms with E-state index >= 15 is 0 Å². The molecule has 4 heteroatoms. The van der Waals surface area contributed by atoms with Gasteiger partial charge in [-0.2, -0.15) is 5.06 Å². The maximum atomic E-state index is 11.5. The monoisotopic (exact) mass is 201 g/mol. The molecular formula is C10H19NO3. The van der Waals surface area contributed by atoms with Crippen molar-refractivity contribution in [3.8, 4) is 0 Å². The van der Waals surface area contributed by atoms with Crippen molar-refractivity contribution in [2.45, 2.75) is 45.2 Å². The van der Waals surface area contributed by atoms with E-state index in [1.807, 2.05) is 27.7 Å². The number of nitrogens with zero attached hydrogens (tertiary/aromatic N) is 1. The summed E-state index contributed by atoms with van der Waals surface area (Å²) in [6.45, 7) is 7.53. The molecule has 0 radical (unpaired) electrons. The zero-order valence-corrected chi connectivity index (χ0v) is 9.50. The molecule has 1 fully saturated rings. The van der Waals surface area contributed by atoms with Crippen LogP contribution in [0.25, 0.3) is 0 Å². The normalized spacial score (nSPS) is 30.3. The summed E-state index contributed by atoms with van der Waals surface area (Å²) in [5, 5.41) is 11.2. The minimum Gasteiger partial charge on any atom is -0.469 e. The molecule has 14 heavy (non-hydrogen) atoms. The second-order valence-corrected chi connectivity index (χ2v) is 5.06. The number of carbonyl (C=O) groups excluding carboxylic acids is 1. The summed E-state index contributed by atoms with van der Waals surface area (Å²) < 4.78 is 4.73. The number of carbonyl (C=O) groups is 1. The Balaban J connectivity index is 2.97. The van der Waals surface area contributed by atoms with E-state index in [4.69, 9.17) is 4.74 Å². The van der Waals surface area contributed by atoms with Crippen LogP contribution in [0, 0.1) is 5.92 Å². The predicted octanol–water partition coefficient (Wildman–Crippen LogP) is 1.43. The SMILES string of the molecule is COC(=O)C1CC(C)(C)N(O)C1(C)C. The highest BCUT2D eigenvalue weighted by molar-refractivity contribution is 5.74. The van der Waals surface area contributed by atoms with Gasteiger partial charge in [0.15, 0.2) is 0 Å². The van der Waals surface area contributed by atoms with Crippen LogP contribution in [-0.4, -0.2) is 34.4 Å². The Kier molecular flexibility index (Phi) is 2.63. The second kappa shape index (κ2) is 3.21. The summed E-state index contributed by atoms with van der Waals surface area (Å²) >= 11 is 0. The van der Waals surface area contributed by atoms with Gasteiger partial charge >= 0.3 is 5.97 Å². The number of hydroxylamine groups is 2. The molecule has 0 aromatic heterocycles. The Morgan fingerprint density at radius 2 is 1.93 bits per heavy atom. The maximum Gasteiger partial charge on any atom is 0.310 e. The lowest BCUT2D eigenvalue weighted by Crippen LogP contribution is -2.48. The van der Waals surface area contributed by atoms with Gasteiger partial charge in [0.05, 0.1) is 18.6 Å². The van der Waals surface area contributed by atoms with Crippen molar-refractivity contribution in [2.24, 2.45) is 5.92 Å². The third-order valence-corrected chi connectivity index (χ3v) is 3.16. The Morgan fingerprint density at radius 1 is 1.43 bits per heavy atom. The average molecular weight is 201 g/mol. The molecule has 1 aliphatic heterocycles. The van der Waals surface area contributed by atoms with E-state index in [0.29, 0.717) is 6.42 Å². The van der Waals surface area contributed by atoms with Gasteiger partial charge in [0.25, 0.3) is 0 Å². The first-order valence-corrected chi connectivity index (χ1v) is 4.80. The number of ether oxygens (including phenoxy) is 1. The fourth-order valence-electron chi connectivity index (χ4n) is 2.28. The van der Waals surface area contributed by atoms with Crippen LogP contribution >= 0.6 is 0 Å². The van der Waals surface area contributed by atoms with Crippen molar-refractivity contribution < 1.29 is 14.7 Å². The molecule has 0 aromatic rings. The minimum atomic E-state index is -0.559. The molecule has 0 aliphatic carbocycles. The minimum absolute atomic E-state index is 0.250. The fraction of sp³-hybridized carbons (Fsp3) is 0.900. The smallest absolute Gasteiger partial charge is 0.310 e. The van der Waals surface area contributed by atoms with Crippen LogP contribution in [0.5, 0.6) is 0 Å². The van der Waals surface area contributed by atoms with Crippen LogP contribution in [-0.2, 0) is 9.53 Å². The number of methoxy groups -OCH3 is 1. The van der Waals surface area contributed by atoms with Crippen molar-refractivity contribution in [1.29, 1.82) is 0 Å². The Morgan fingerprint density at radius 3 is 2.21 bits per heavy atom. The van der Waals surface area contributed by atoms with Crippen molar-refractivity contribution in [2.75, 3.05) is 7.11 Å². The molecule has 0 bridgehead atoms. The van der Waals surface area contributed by atoms with Crippen molar-refractivity contribution >= 4 is 5.97 Å². The number of rotatable bonds is 1. The lowest BCUT2D eigenvalue weighted by atomic mass is 9.87. The van der Waals surface area contributed by atoms with E-state index < -0.39 is 5.54 Å². The first-order chi connectivity index (χ1) is 6.23. The summed E-state index contributed by atoms with van der Waals surface area (Å²) in [5.41, 5.74) is -0.932. The Bertz CT molecular complexity index is 248. The average Bonchev–Trinajstić information content (AvgIpc) is 2.25. The molecule has 1 unspecified atom stereocenters.